The second kappa shape index (κ2) is 12.3. The maximum atomic E-state index is 12.6. The van der Waals surface area contributed by atoms with Crippen LogP contribution in [0.2, 0.25) is 5.02 Å². The molecule has 1 aromatic heterocycles. The fourth-order valence-electron chi connectivity index (χ4n) is 3.45. The molecule has 4 aromatic rings. The lowest BCUT2D eigenvalue weighted by Crippen LogP contribution is -2.20. The summed E-state index contributed by atoms with van der Waals surface area (Å²) in [4.78, 5) is 12.6. The number of carbonyl (C=O) groups is 1. The van der Waals surface area contributed by atoms with Gasteiger partial charge >= 0.3 is 0 Å². The quantitative estimate of drug-likeness (QED) is 0.175. The van der Waals surface area contributed by atoms with E-state index in [1.807, 2.05) is 47.0 Å². The number of methoxy groups -OCH3 is 3. The number of hydrogen-bond acceptors (Lipinski definition) is 8. The Kier molecular flexibility index (Phi) is 8.65. The molecule has 190 valence electrons. The molecule has 37 heavy (non-hydrogen) atoms. The summed E-state index contributed by atoms with van der Waals surface area (Å²) < 4.78 is 18.0. The number of nitrogens with one attached hydrogen (secondary N) is 1. The van der Waals surface area contributed by atoms with E-state index in [9.17, 15) is 4.79 Å². The zero-order chi connectivity index (χ0) is 26.2. The van der Waals surface area contributed by atoms with Crippen molar-refractivity contribution in [2.24, 2.45) is 5.10 Å². The summed E-state index contributed by atoms with van der Waals surface area (Å²) in [5.74, 6) is 1.96. The highest BCUT2D eigenvalue weighted by atomic mass is 35.5. The highest BCUT2D eigenvalue weighted by molar-refractivity contribution is 7.99. The lowest BCUT2D eigenvalue weighted by atomic mass is 10.2. The van der Waals surface area contributed by atoms with Gasteiger partial charge in [0, 0.05) is 28.4 Å². The number of hydrogen-bond donors (Lipinski definition) is 1. The van der Waals surface area contributed by atoms with Crippen molar-refractivity contribution >= 4 is 35.5 Å². The first kappa shape index (κ1) is 26.1. The van der Waals surface area contributed by atoms with Crippen molar-refractivity contribution in [3.05, 3.63) is 77.3 Å². The van der Waals surface area contributed by atoms with E-state index in [1.54, 1.807) is 31.4 Å². The van der Waals surface area contributed by atoms with Crippen LogP contribution in [0.3, 0.4) is 0 Å². The Labute approximate surface area is 223 Å². The minimum absolute atomic E-state index is 0.0693. The highest BCUT2D eigenvalue weighted by Crippen LogP contribution is 2.33. The van der Waals surface area contributed by atoms with Crippen LogP contribution in [0.1, 0.15) is 5.56 Å². The number of thioether (sulfide) groups is 1. The third-order valence-electron chi connectivity index (χ3n) is 5.22. The number of ether oxygens (including phenoxy) is 3. The van der Waals surface area contributed by atoms with Gasteiger partial charge < -0.3 is 14.2 Å². The molecule has 0 saturated carbocycles. The second-order valence-electron chi connectivity index (χ2n) is 7.51. The average Bonchev–Trinajstić information content (AvgIpc) is 3.36. The second-order valence-corrected chi connectivity index (χ2v) is 8.89. The maximum Gasteiger partial charge on any atom is 0.250 e. The van der Waals surface area contributed by atoms with Crippen LogP contribution in [0, 0.1) is 0 Å². The summed E-state index contributed by atoms with van der Waals surface area (Å²) in [7, 11) is 4.61. The summed E-state index contributed by atoms with van der Waals surface area (Å²) >= 11 is 7.30. The molecule has 0 radical (unpaired) electrons. The molecule has 0 atom stereocenters. The van der Waals surface area contributed by atoms with E-state index in [4.69, 9.17) is 25.8 Å². The molecule has 0 aliphatic rings. The molecule has 0 fully saturated rings. The van der Waals surface area contributed by atoms with Crippen molar-refractivity contribution in [1.29, 1.82) is 0 Å². The van der Waals surface area contributed by atoms with E-state index in [2.05, 4.69) is 20.7 Å². The fraction of sp³-hybridized carbons (Fsp3) is 0.154. The minimum atomic E-state index is -0.316. The molecule has 3 aromatic carbocycles. The van der Waals surface area contributed by atoms with Crippen LogP contribution in [0.15, 0.2) is 77.0 Å². The van der Waals surface area contributed by atoms with Crippen molar-refractivity contribution < 1.29 is 19.0 Å². The number of nitrogens with zero attached hydrogens (tertiary/aromatic N) is 4. The van der Waals surface area contributed by atoms with Gasteiger partial charge in [-0.25, -0.2) is 5.43 Å². The molecule has 0 spiro atoms. The van der Waals surface area contributed by atoms with Crippen molar-refractivity contribution in [1.82, 2.24) is 20.2 Å². The van der Waals surface area contributed by atoms with Crippen LogP contribution < -0.4 is 19.6 Å². The topological polar surface area (TPSA) is 99.9 Å². The van der Waals surface area contributed by atoms with Gasteiger partial charge in [-0.1, -0.05) is 41.6 Å². The Hall–Kier alpha value is -4.02. The van der Waals surface area contributed by atoms with Gasteiger partial charge in [0.15, 0.2) is 11.0 Å². The number of halogens is 1. The number of amides is 1. The molecular weight excluding hydrogens is 514 g/mol. The number of carbonyl (C=O) groups excluding carboxylic acids is 1. The third-order valence-corrected chi connectivity index (χ3v) is 6.40. The summed E-state index contributed by atoms with van der Waals surface area (Å²) in [6.07, 6.45) is 1.46. The van der Waals surface area contributed by atoms with Crippen LogP contribution >= 0.6 is 23.4 Å². The number of para-hydroxylation sites is 1. The first-order valence-electron chi connectivity index (χ1n) is 11.1. The first-order valence-corrected chi connectivity index (χ1v) is 12.4. The van der Waals surface area contributed by atoms with E-state index >= 15 is 0 Å². The summed E-state index contributed by atoms with van der Waals surface area (Å²) in [5, 5.41) is 14.0. The molecule has 0 saturated heterocycles. The normalized spacial score (nSPS) is 10.9. The van der Waals surface area contributed by atoms with Gasteiger partial charge in [-0.15, -0.1) is 10.2 Å². The van der Waals surface area contributed by atoms with Gasteiger partial charge in [0.1, 0.15) is 17.2 Å². The zero-order valence-electron chi connectivity index (χ0n) is 20.3. The number of hydrazone groups is 1. The first-order chi connectivity index (χ1) is 18.0. The van der Waals surface area contributed by atoms with Crippen molar-refractivity contribution in [3.8, 4) is 34.3 Å². The van der Waals surface area contributed by atoms with Gasteiger partial charge in [0.25, 0.3) is 5.91 Å². The summed E-state index contributed by atoms with van der Waals surface area (Å²) in [5.41, 5.74) is 4.82. The Balaban J connectivity index is 1.50. The highest BCUT2D eigenvalue weighted by Gasteiger charge is 2.17. The molecule has 0 bridgehead atoms. The number of aromatic nitrogens is 3. The van der Waals surface area contributed by atoms with Crippen molar-refractivity contribution in [3.63, 3.8) is 0 Å². The van der Waals surface area contributed by atoms with Crippen molar-refractivity contribution in [2.45, 2.75) is 5.16 Å². The average molecular weight is 538 g/mol. The molecule has 1 heterocycles. The Morgan fingerprint density at radius 2 is 1.68 bits per heavy atom. The van der Waals surface area contributed by atoms with E-state index in [1.165, 1.54) is 32.2 Å². The maximum absolute atomic E-state index is 12.6. The standard InChI is InChI=1S/C26H24ClN5O4S/c1-34-20-13-22(35-2)21(23(14-20)36-3)15-28-29-24(33)16-37-26-31-30-25(17-9-11-18(27)12-10-17)32(26)19-7-5-4-6-8-19/h4-15H,16H2,1-3H3,(H,29,33). The molecule has 11 heteroatoms. The zero-order valence-corrected chi connectivity index (χ0v) is 21.9. The SMILES string of the molecule is COc1cc(OC)c(C=NNC(=O)CSc2nnc(-c3ccc(Cl)cc3)n2-c2ccccc2)c(OC)c1. The van der Waals surface area contributed by atoms with Gasteiger partial charge in [-0.2, -0.15) is 5.10 Å². The van der Waals surface area contributed by atoms with E-state index in [0.29, 0.717) is 38.8 Å². The largest absolute Gasteiger partial charge is 0.496 e. The van der Waals surface area contributed by atoms with Gasteiger partial charge in [-0.05, 0) is 36.4 Å². The molecule has 1 amide bonds. The van der Waals surface area contributed by atoms with E-state index in [0.717, 1.165) is 11.3 Å². The van der Waals surface area contributed by atoms with Crippen LogP contribution in [0.25, 0.3) is 17.1 Å². The predicted octanol–water partition coefficient (Wildman–Crippen LogP) is 4.86. The Bertz CT molecular complexity index is 1370. The minimum Gasteiger partial charge on any atom is -0.496 e. The summed E-state index contributed by atoms with van der Waals surface area (Å²) in [6.45, 7) is 0. The van der Waals surface area contributed by atoms with Gasteiger partial charge in [-0.3, -0.25) is 9.36 Å². The number of rotatable bonds is 10. The van der Waals surface area contributed by atoms with Gasteiger partial charge in [0.2, 0.25) is 0 Å². The Morgan fingerprint density at radius 3 is 2.30 bits per heavy atom. The molecule has 0 aliphatic heterocycles. The third kappa shape index (κ3) is 6.22. The lowest BCUT2D eigenvalue weighted by Gasteiger charge is -2.12. The van der Waals surface area contributed by atoms with Crippen LogP contribution in [-0.4, -0.2) is 54.0 Å². The molecule has 0 aliphatic carbocycles. The molecule has 4 rings (SSSR count). The van der Waals surface area contributed by atoms with E-state index < -0.39 is 0 Å². The van der Waals surface area contributed by atoms with Crippen LogP contribution in [0.5, 0.6) is 17.2 Å². The fourth-order valence-corrected chi connectivity index (χ4v) is 4.32. The lowest BCUT2D eigenvalue weighted by molar-refractivity contribution is -0.118. The Morgan fingerprint density at radius 1 is 1.00 bits per heavy atom. The molecule has 1 N–H and O–H groups in total. The molecule has 9 nitrogen and oxygen atoms in total. The predicted molar refractivity (Wildman–Crippen MR) is 144 cm³/mol. The summed E-state index contributed by atoms with van der Waals surface area (Å²) in [6, 6.07) is 20.5. The van der Waals surface area contributed by atoms with E-state index in [-0.39, 0.29) is 11.7 Å². The molecule has 0 unspecified atom stereocenters. The van der Waals surface area contributed by atoms with Crippen LogP contribution in [-0.2, 0) is 4.79 Å². The smallest absolute Gasteiger partial charge is 0.250 e. The number of benzene rings is 3. The van der Waals surface area contributed by atoms with Crippen LogP contribution in [0.4, 0.5) is 0 Å². The monoisotopic (exact) mass is 537 g/mol. The van der Waals surface area contributed by atoms with Crippen molar-refractivity contribution in [2.75, 3.05) is 27.1 Å². The molecular formula is C26H24ClN5O4S. The van der Waals surface area contributed by atoms with Gasteiger partial charge in [0.05, 0.1) is 38.9 Å².